The predicted octanol–water partition coefficient (Wildman–Crippen LogP) is 4.25. The van der Waals surface area contributed by atoms with E-state index in [0.717, 1.165) is 29.7 Å². The maximum Gasteiger partial charge on any atom is 0.248 e. The smallest absolute Gasteiger partial charge is 0.248 e. The molecule has 0 aliphatic heterocycles. The molecule has 26 heavy (non-hydrogen) atoms. The number of carbonyl (C=O) groups excluding carboxylic acids is 1. The lowest BCUT2D eigenvalue weighted by molar-refractivity contribution is 0.0998. The number of nitrogens with zero attached hydrogens (tertiary/aromatic N) is 2. The molecule has 136 valence electrons. The summed E-state index contributed by atoms with van der Waals surface area (Å²) in [6, 6.07) is 10.7. The molecule has 1 aromatic heterocycles. The third-order valence-corrected chi connectivity index (χ3v) is 7.06. The molecule has 0 radical (unpaired) electrons. The van der Waals surface area contributed by atoms with Crippen LogP contribution in [-0.2, 0) is 0 Å². The van der Waals surface area contributed by atoms with Crippen molar-refractivity contribution in [2.24, 2.45) is 23.5 Å². The van der Waals surface area contributed by atoms with Gasteiger partial charge in [0.1, 0.15) is 0 Å². The van der Waals surface area contributed by atoms with Crippen LogP contribution in [0.2, 0.25) is 0 Å². The van der Waals surface area contributed by atoms with Gasteiger partial charge in [-0.2, -0.15) is 5.10 Å². The zero-order valence-electron chi connectivity index (χ0n) is 15.3. The van der Waals surface area contributed by atoms with Crippen molar-refractivity contribution in [3.05, 3.63) is 53.3 Å². The molecule has 0 unspecified atom stereocenters. The molecule has 3 aliphatic rings. The maximum absolute atomic E-state index is 11.9. The van der Waals surface area contributed by atoms with Gasteiger partial charge in [-0.1, -0.05) is 25.1 Å². The van der Waals surface area contributed by atoms with Crippen LogP contribution in [0.3, 0.4) is 0 Å². The minimum atomic E-state index is -0.298. The van der Waals surface area contributed by atoms with Gasteiger partial charge in [-0.15, -0.1) is 0 Å². The van der Waals surface area contributed by atoms with Gasteiger partial charge in [0.15, 0.2) is 0 Å². The van der Waals surface area contributed by atoms with E-state index in [1.165, 1.54) is 31.4 Å². The van der Waals surface area contributed by atoms with Gasteiger partial charge in [0, 0.05) is 23.4 Å². The molecular formula is C22H27N3O. The summed E-state index contributed by atoms with van der Waals surface area (Å²) in [6.45, 7) is 2.24. The minimum absolute atomic E-state index is 0.298. The van der Waals surface area contributed by atoms with Gasteiger partial charge in [-0.05, 0) is 73.5 Å². The molecule has 0 saturated heterocycles. The Morgan fingerprint density at radius 2 is 1.96 bits per heavy atom. The Morgan fingerprint density at radius 1 is 1.23 bits per heavy atom. The van der Waals surface area contributed by atoms with E-state index in [1.807, 2.05) is 24.4 Å². The van der Waals surface area contributed by atoms with E-state index in [2.05, 4.69) is 28.8 Å². The minimum Gasteiger partial charge on any atom is -0.366 e. The number of amides is 1. The Bertz CT molecular complexity index is 825. The van der Waals surface area contributed by atoms with Crippen LogP contribution in [0.1, 0.15) is 78.5 Å². The molecule has 2 N–H and O–H groups in total. The summed E-state index contributed by atoms with van der Waals surface area (Å²) in [7, 11) is 0. The fraction of sp³-hybridized carbons (Fsp3) is 0.545. The molecule has 3 saturated carbocycles. The number of nitrogens with two attached hydrogens (primary N) is 1. The molecule has 5 rings (SSSR count). The summed E-state index contributed by atoms with van der Waals surface area (Å²) in [5.74, 6) is 3.18. The lowest BCUT2D eigenvalue weighted by Crippen LogP contribution is -2.18. The van der Waals surface area contributed by atoms with Gasteiger partial charge in [0.25, 0.3) is 0 Å². The first-order chi connectivity index (χ1) is 12.7. The van der Waals surface area contributed by atoms with Crippen LogP contribution < -0.4 is 5.73 Å². The van der Waals surface area contributed by atoms with Gasteiger partial charge in [0.2, 0.25) is 5.91 Å². The second-order valence-corrected chi connectivity index (χ2v) is 8.47. The summed E-state index contributed by atoms with van der Waals surface area (Å²) in [5, 5.41) is 4.66. The SMILES string of the molecule is CC[C@@H](c1ccccc1C(N)=O)C1[C@@H]2CC(n3nccc3C3CC3)C[C@@H]12. The third kappa shape index (κ3) is 2.50. The molecule has 1 amide bonds. The number of fused-ring (bicyclic) bond motifs is 1. The highest BCUT2D eigenvalue weighted by atomic mass is 16.1. The summed E-state index contributed by atoms with van der Waals surface area (Å²) >= 11 is 0. The molecule has 4 heteroatoms. The van der Waals surface area contributed by atoms with Crippen molar-refractivity contribution in [2.75, 3.05) is 0 Å². The number of carbonyl (C=O) groups is 1. The van der Waals surface area contributed by atoms with Crippen molar-refractivity contribution in [3.63, 3.8) is 0 Å². The predicted molar refractivity (Wildman–Crippen MR) is 101 cm³/mol. The molecule has 2 aromatic rings. The first-order valence-corrected chi connectivity index (χ1v) is 10.1. The van der Waals surface area contributed by atoms with Gasteiger partial charge in [-0.25, -0.2) is 0 Å². The van der Waals surface area contributed by atoms with E-state index < -0.39 is 0 Å². The largest absolute Gasteiger partial charge is 0.366 e. The Hall–Kier alpha value is -2.10. The van der Waals surface area contributed by atoms with Crippen molar-refractivity contribution in [2.45, 2.75) is 56.9 Å². The van der Waals surface area contributed by atoms with Gasteiger partial charge < -0.3 is 5.73 Å². The van der Waals surface area contributed by atoms with Crippen molar-refractivity contribution >= 4 is 5.91 Å². The van der Waals surface area contributed by atoms with E-state index >= 15 is 0 Å². The van der Waals surface area contributed by atoms with E-state index in [1.54, 1.807) is 0 Å². The zero-order chi connectivity index (χ0) is 17.8. The molecule has 4 nitrogen and oxygen atoms in total. The van der Waals surface area contributed by atoms with Crippen LogP contribution in [0.4, 0.5) is 0 Å². The number of benzene rings is 1. The number of hydrogen-bond donors (Lipinski definition) is 1. The molecule has 3 fully saturated rings. The molecule has 1 aromatic carbocycles. The first kappa shape index (κ1) is 16.1. The highest BCUT2D eigenvalue weighted by Crippen LogP contribution is 2.66. The van der Waals surface area contributed by atoms with Crippen LogP contribution in [0, 0.1) is 17.8 Å². The number of primary amides is 1. The molecule has 1 heterocycles. The average molecular weight is 349 g/mol. The van der Waals surface area contributed by atoms with Gasteiger partial charge >= 0.3 is 0 Å². The Labute approximate surface area is 154 Å². The van der Waals surface area contributed by atoms with E-state index in [4.69, 9.17) is 5.73 Å². The average Bonchev–Trinajstić information content (AvgIpc) is 3.49. The van der Waals surface area contributed by atoms with Crippen LogP contribution in [0.5, 0.6) is 0 Å². The monoisotopic (exact) mass is 349 g/mol. The molecule has 0 bridgehead atoms. The second kappa shape index (κ2) is 5.97. The van der Waals surface area contributed by atoms with E-state index in [9.17, 15) is 4.79 Å². The highest BCUT2D eigenvalue weighted by molar-refractivity contribution is 5.94. The fourth-order valence-electron chi connectivity index (χ4n) is 5.74. The standard InChI is InChI=1S/C22H27N3O/c1-2-15(16-5-3-4-6-17(16)22(23)26)21-18-11-14(12-19(18)21)25-20(9-10-24-25)13-7-8-13/h3-6,9-10,13-15,18-19,21H,2,7-8,11-12H2,1H3,(H2,23,26)/t14?,15-,18+,19+,21?/m0/s1. The topological polar surface area (TPSA) is 60.9 Å². The van der Waals surface area contributed by atoms with Crippen LogP contribution in [-0.4, -0.2) is 15.7 Å². The zero-order valence-corrected chi connectivity index (χ0v) is 15.3. The summed E-state index contributed by atoms with van der Waals surface area (Å²) in [5.41, 5.74) is 8.96. The van der Waals surface area contributed by atoms with Crippen molar-refractivity contribution in [3.8, 4) is 0 Å². The summed E-state index contributed by atoms with van der Waals surface area (Å²) < 4.78 is 2.33. The van der Waals surface area contributed by atoms with Gasteiger partial charge in [-0.3, -0.25) is 9.48 Å². The summed E-state index contributed by atoms with van der Waals surface area (Å²) in [6.07, 6.45) is 8.19. The lowest BCUT2D eigenvalue weighted by Gasteiger charge is -2.23. The molecule has 3 atom stereocenters. The van der Waals surface area contributed by atoms with E-state index in [-0.39, 0.29) is 5.91 Å². The molecule has 3 aliphatic carbocycles. The number of hydrogen-bond acceptors (Lipinski definition) is 2. The Balaban J connectivity index is 1.33. The van der Waals surface area contributed by atoms with Crippen molar-refractivity contribution in [1.82, 2.24) is 9.78 Å². The van der Waals surface area contributed by atoms with Crippen LogP contribution >= 0.6 is 0 Å². The second-order valence-electron chi connectivity index (χ2n) is 8.47. The number of rotatable bonds is 6. The summed E-state index contributed by atoms with van der Waals surface area (Å²) in [4.78, 5) is 11.9. The third-order valence-electron chi connectivity index (χ3n) is 7.06. The normalized spacial score (nSPS) is 28.7. The lowest BCUT2D eigenvalue weighted by atomic mass is 9.84. The molecular weight excluding hydrogens is 322 g/mol. The quantitative estimate of drug-likeness (QED) is 0.847. The van der Waals surface area contributed by atoms with Crippen molar-refractivity contribution in [1.29, 1.82) is 0 Å². The van der Waals surface area contributed by atoms with E-state index in [0.29, 0.717) is 23.4 Å². The molecule has 0 spiro atoms. The Morgan fingerprint density at radius 3 is 2.62 bits per heavy atom. The fourth-order valence-corrected chi connectivity index (χ4v) is 5.74. The highest BCUT2D eigenvalue weighted by Gasteiger charge is 2.59. The van der Waals surface area contributed by atoms with Crippen LogP contribution in [0.25, 0.3) is 0 Å². The van der Waals surface area contributed by atoms with Gasteiger partial charge in [0.05, 0.1) is 6.04 Å². The van der Waals surface area contributed by atoms with Crippen molar-refractivity contribution < 1.29 is 4.79 Å². The first-order valence-electron chi connectivity index (χ1n) is 10.1. The number of aromatic nitrogens is 2. The Kier molecular flexibility index (Phi) is 3.70. The maximum atomic E-state index is 11.9. The van der Waals surface area contributed by atoms with Crippen LogP contribution in [0.15, 0.2) is 36.5 Å².